The predicted molar refractivity (Wildman–Crippen MR) is 64.7 cm³/mol. The molecule has 0 atom stereocenters. The van der Waals surface area contributed by atoms with Gasteiger partial charge in [-0.1, -0.05) is 6.07 Å². The average Bonchev–Trinajstić information content (AvgIpc) is 2.44. The Morgan fingerprint density at radius 1 is 1.40 bits per heavy atom. The molecule has 0 aliphatic heterocycles. The Balaban J connectivity index is 2.27. The molecule has 15 heavy (non-hydrogen) atoms. The Kier molecular flexibility index (Phi) is 1.99. The van der Waals surface area contributed by atoms with Gasteiger partial charge >= 0.3 is 0 Å². The molecule has 1 fully saturated rings. The van der Waals surface area contributed by atoms with Crippen LogP contribution in [0.3, 0.4) is 0 Å². The summed E-state index contributed by atoms with van der Waals surface area (Å²) in [6.07, 6.45) is 3.75. The summed E-state index contributed by atoms with van der Waals surface area (Å²) in [5, 5.41) is 0. The molecular formula is C11H12BrN3. The van der Waals surface area contributed by atoms with E-state index in [4.69, 9.17) is 5.73 Å². The molecule has 0 unspecified atom stereocenters. The highest BCUT2D eigenvalue weighted by Gasteiger charge is 2.23. The molecule has 2 aromatic rings. The lowest BCUT2D eigenvalue weighted by Crippen LogP contribution is -2.18. The smallest absolute Gasteiger partial charge is 0.201 e. The van der Waals surface area contributed by atoms with Gasteiger partial charge in [-0.25, -0.2) is 4.98 Å². The van der Waals surface area contributed by atoms with E-state index in [0.717, 1.165) is 15.5 Å². The lowest BCUT2D eigenvalue weighted by Gasteiger charge is -2.28. The second-order valence-electron chi connectivity index (χ2n) is 4.03. The molecule has 78 valence electrons. The monoisotopic (exact) mass is 265 g/mol. The number of anilines is 1. The zero-order valence-corrected chi connectivity index (χ0v) is 9.87. The van der Waals surface area contributed by atoms with Crippen LogP contribution in [0, 0.1) is 0 Å². The zero-order chi connectivity index (χ0) is 10.4. The molecule has 0 bridgehead atoms. The number of nitrogens with zero attached hydrogens (tertiary/aromatic N) is 2. The van der Waals surface area contributed by atoms with Crippen LogP contribution in [0.25, 0.3) is 11.0 Å². The molecule has 1 aliphatic carbocycles. The van der Waals surface area contributed by atoms with Crippen LogP contribution in [0.4, 0.5) is 5.95 Å². The van der Waals surface area contributed by atoms with Gasteiger partial charge < -0.3 is 10.3 Å². The number of hydrogen-bond acceptors (Lipinski definition) is 2. The van der Waals surface area contributed by atoms with Crippen molar-refractivity contribution in [2.24, 2.45) is 0 Å². The van der Waals surface area contributed by atoms with Crippen LogP contribution in [-0.2, 0) is 0 Å². The molecule has 1 saturated carbocycles. The first kappa shape index (κ1) is 9.21. The zero-order valence-electron chi connectivity index (χ0n) is 8.28. The van der Waals surface area contributed by atoms with Gasteiger partial charge in [-0.2, -0.15) is 0 Å². The first-order valence-electron chi connectivity index (χ1n) is 5.19. The molecule has 1 aromatic heterocycles. The first-order valence-corrected chi connectivity index (χ1v) is 5.98. The van der Waals surface area contributed by atoms with Crippen molar-refractivity contribution in [3.05, 3.63) is 22.7 Å². The van der Waals surface area contributed by atoms with E-state index in [1.54, 1.807) is 0 Å². The molecule has 0 saturated heterocycles. The molecule has 4 heteroatoms. The molecule has 0 spiro atoms. The predicted octanol–water partition coefficient (Wildman–Crippen LogP) is 3.11. The summed E-state index contributed by atoms with van der Waals surface area (Å²) >= 11 is 3.50. The van der Waals surface area contributed by atoms with Crippen LogP contribution in [0.2, 0.25) is 0 Å². The molecular weight excluding hydrogens is 254 g/mol. The number of hydrogen-bond donors (Lipinski definition) is 1. The number of benzene rings is 1. The van der Waals surface area contributed by atoms with Crippen molar-refractivity contribution in [3.63, 3.8) is 0 Å². The highest BCUT2D eigenvalue weighted by Crippen LogP contribution is 2.37. The van der Waals surface area contributed by atoms with Gasteiger partial charge in [0.15, 0.2) is 0 Å². The van der Waals surface area contributed by atoms with Crippen molar-refractivity contribution >= 4 is 32.9 Å². The summed E-state index contributed by atoms with van der Waals surface area (Å²) in [7, 11) is 0. The maximum absolute atomic E-state index is 5.96. The minimum atomic E-state index is 0.560. The SMILES string of the molecule is Nc1nc2c(Br)cccc2n1C1CCC1. The Hall–Kier alpha value is -1.03. The van der Waals surface area contributed by atoms with Gasteiger partial charge in [0, 0.05) is 10.5 Å². The van der Waals surface area contributed by atoms with E-state index in [1.807, 2.05) is 12.1 Å². The van der Waals surface area contributed by atoms with E-state index in [2.05, 4.69) is 31.5 Å². The number of nitrogen functional groups attached to an aromatic ring is 1. The summed E-state index contributed by atoms with van der Waals surface area (Å²) in [5.74, 6) is 0.640. The Morgan fingerprint density at radius 2 is 2.20 bits per heavy atom. The van der Waals surface area contributed by atoms with E-state index in [-0.39, 0.29) is 0 Å². The van der Waals surface area contributed by atoms with Crippen molar-refractivity contribution < 1.29 is 0 Å². The summed E-state index contributed by atoms with van der Waals surface area (Å²) in [6, 6.07) is 6.67. The second-order valence-corrected chi connectivity index (χ2v) is 4.89. The molecule has 3 rings (SSSR count). The van der Waals surface area contributed by atoms with Gasteiger partial charge in [0.05, 0.1) is 5.52 Å². The number of imidazole rings is 1. The highest BCUT2D eigenvalue weighted by atomic mass is 79.9. The number of halogens is 1. The van der Waals surface area contributed by atoms with Crippen LogP contribution in [0.5, 0.6) is 0 Å². The van der Waals surface area contributed by atoms with Crippen LogP contribution < -0.4 is 5.73 Å². The van der Waals surface area contributed by atoms with E-state index in [1.165, 1.54) is 19.3 Å². The third-order valence-electron chi connectivity index (χ3n) is 3.14. The van der Waals surface area contributed by atoms with Gasteiger partial charge in [-0.05, 0) is 47.3 Å². The van der Waals surface area contributed by atoms with Crippen molar-refractivity contribution in [3.8, 4) is 0 Å². The van der Waals surface area contributed by atoms with Gasteiger partial charge in [-0.15, -0.1) is 0 Å². The van der Waals surface area contributed by atoms with E-state index < -0.39 is 0 Å². The fourth-order valence-electron chi connectivity index (χ4n) is 2.13. The molecule has 3 nitrogen and oxygen atoms in total. The van der Waals surface area contributed by atoms with Crippen molar-refractivity contribution in [2.75, 3.05) is 5.73 Å². The largest absolute Gasteiger partial charge is 0.369 e. The minimum Gasteiger partial charge on any atom is -0.369 e. The third kappa shape index (κ3) is 1.28. The quantitative estimate of drug-likeness (QED) is 0.861. The topological polar surface area (TPSA) is 43.8 Å². The van der Waals surface area contributed by atoms with Crippen molar-refractivity contribution in [1.29, 1.82) is 0 Å². The molecule has 0 amide bonds. The molecule has 1 aliphatic rings. The fraction of sp³-hybridized carbons (Fsp3) is 0.364. The standard InChI is InChI=1S/C11H12BrN3/c12-8-5-2-6-9-10(8)14-11(13)15(9)7-3-1-4-7/h2,5-7H,1,3-4H2,(H2,13,14). The van der Waals surface area contributed by atoms with E-state index >= 15 is 0 Å². The van der Waals surface area contributed by atoms with Crippen molar-refractivity contribution in [2.45, 2.75) is 25.3 Å². The maximum Gasteiger partial charge on any atom is 0.201 e. The summed E-state index contributed by atoms with van der Waals surface area (Å²) in [5.41, 5.74) is 8.08. The van der Waals surface area contributed by atoms with Crippen LogP contribution in [-0.4, -0.2) is 9.55 Å². The molecule has 2 N–H and O–H groups in total. The third-order valence-corrected chi connectivity index (χ3v) is 3.78. The van der Waals surface area contributed by atoms with E-state index in [9.17, 15) is 0 Å². The van der Waals surface area contributed by atoms with Gasteiger partial charge in [-0.3, -0.25) is 0 Å². The summed E-state index contributed by atoms with van der Waals surface area (Å²) in [4.78, 5) is 4.41. The number of para-hydroxylation sites is 1. The highest BCUT2D eigenvalue weighted by molar-refractivity contribution is 9.10. The van der Waals surface area contributed by atoms with Crippen LogP contribution >= 0.6 is 15.9 Å². The lowest BCUT2D eigenvalue weighted by molar-refractivity contribution is 0.324. The summed E-state index contributed by atoms with van der Waals surface area (Å²) < 4.78 is 3.19. The maximum atomic E-state index is 5.96. The molecule has 0 radical (unpaired) electrons. The lowest BCUT2D eigenvalue weighted by atomic mass is 9.93. The van der Waals surface area contributed by atoms with E-state index in [0.29, 0.717) is 12.0 Å². The molecule has 1 heterocycles. The molecule has 1 aromatic carbocycles. The average molecular weight is 266 g/mol. The minimum absolute atomic E-state index is 0.560. The fourth-order valence-corrected chi connectivity index (χ4v) is 2.57. The Labute approximate surface area is 96.4 Å². The first-order chi connectivity index (χ1) is 7.27. The normalized spacial score (nSPS) is 16.9. The van der Waals surface area contributed by atoms with Crippen molar-refractivity contribution in [1.82, 2.24) is 9.55 Å². The van der Waals surface area contributed by atoms with Crippen LogP contribution in [0.1, 0.15) is 25.3 Å². The number of nitrogens with two attached hydrogens (primary N) is 1. The summed E-state index contributed by atoms with van der Waals surface area (Å²) in [6.45, 7) is 0. The Morgan fingerprint density at radius 3 is 2.87 bits per heavy atom. The van der Waals surface area contributed by atoms with Gasteiger partial charge in [0.2, 0.25) is 5.95 Å². The van der Waals surface area contributed by atoms with Gasteiger partial charge in [0.25, 0.3) is 0 Å². The van der Waals surface area contributed by atoms with Gasteiger partial charge in [0.1, 0.15) is 5.52 Å². The van der Waals surface area contributed by atoms with Crippen LogP contribution in [0.15, 0.2) is 22.7 Å². The Bertz CT molecular complexity index is 514. The second kappa shape index (κ2) is 3.23. The number of aromatic nitrogens is 2. The number of fused-ring (bicyclic) bond motifs is 1. The number of rotatable bonds is 1.